The summed E-state index contributed by atoms with van der Waals surface area (Å²) < 4.78 is 31.6. The Labute approximate surface area is 172 Å². The lowest BCUT2D eigenvalue weighted by Crippen LogP contribution is -2.14. The molecule has 1 heterocycles. The number of amides is 1. The lowest BCUT2D eigenvalue weighted by Gasteiger charge is -2.04. The maximum atomic E-state index is 13.6. The fourth-order valence-corrected chi connectivity index (χ4v) is 2.60. The van der Waals surface area contributed by atoms with E-state index in [2.05, 4.69) is 46.8 Å². The third-order valence-electron chi connectivity index (χ3n) is 3.66. The first kappa shape index (κ1) is 20.4. The average Bonchev–Trinajstić information content (AvgIpc) is 3.14. The molecular formula is C18H14BrF2N5O3. The van der Waals surface area contributed by atoms with Crippen LogP contribution in [-0.4, -0.2) is 22.4 Å². The van der Waals surface area contributed by atoms with Crippen LogP contribution < -0.4 is 10.8 Å². The van der Waals surface area contributed by atoms with Crippen LogP contribution in [0.5, 0.6) is 0 Å². The zero-order valence-corrected chi connectivity index (χ0v) is 16.3. The molecule has 11 heteroatoms. The normalized spacial score (nSPS) is 10.9. The number of nitrogens with zero attached hydrogens (tertiary/aromatic N) is 3. The van der Waals surface area contributed by atoms with Crippen molar-refractivity contribution in [1.82, 2.24) is 10.3 Å². The standard InChI is InChI=1S/C18H14BrF2N5O3/c19-13-9-12(6-7-15(13)21)24-28-22-10-16-18(26-29-25-16)23-17(27)8-5-11-3-1-2-4-14(11)20/h1-4,6-7,9-10,24H,5,8H2,(H,23,26,27)/b22-10+. The molecule has 1 amide bonds. The van der Waals surface area contributed by atoms with E-state index in [0.29, 0.717) is 11.3 Å². The van der Waals surface area contributed by atoms with Gasteiger partial charge in [-0.25, -0.2) is 13.4 Å². The maximum Gasteiger partial charge on any atom is 0.226 e. The molecule has 8 nitrogen and oxygen atoms in total. The fourth-order valence-electron chi connectivity index (χ4n) is 2.23. The highest BCUT2D eigenvalue weighted by Crippen LogP contribution is 2.20. The number of aromatic nitrogens is 2. The number of hydrogen-bond donors (Lipinski definition) is 2. The second kappa shape index (κ2) is 9.73. The molecule has 0 bridgehead atoms. The molecule has 0 saturated heterocycles. The third kappa shape index (κ3) is 5.82. The van der Waals surface area contributed by atoms with Gasteiger partial charge in [-0.3, -0.25) is 9.73 Å². The van der Waals surface area contributed by atoms with Gasteiger partial charge in [0.05, 0.1) is 10.2 Å². The summed E-state index contributed by atoms with van der Waals surface area (Å²) in [5.41, 5.74) is 3.49. The number of oxime groups is 1. The summed E-state index contributed by atoms with van der Waals surface area (Å²) in [4.78, 5) is 16.9. The largest absolute Gasteiger partial charge is 0.306 e. The number of benzene rings is 2. The molecule has 0 fully saturated rings. The van der Waals surface area contributed by atoms with Gasteiger partial charge in [-0.05, 0) is 62.5 Å². The predicted molar refractivity (Wildman–Crippen MR) is 104 cm³/mol. The lowest BCUT2D eigenvalue weighted by atomic mass is 10.1. The Kier molecular flexibility index (Phi) is 6.85. The molecule has 150 valence electrons. The molecule has 2 aromatic carbocycles. The van der Waals surface area contributed by atoms with Crippen molar-refractivity contribution < 1.29 is 23.1 Å². The zero-order chi connectivity index (χ0) is 20.6. The van der Waals surface area contributed by atoms with Crippen LogP contribution >= 0.6 is 15.9 Å². The van der Waals surface area contributed by atoms with Gasteiger partial charge < -0.3 is 5.32 Å². The first-order chi connectivity index (χ1) is 14.0. The zero-order valence-electron chi connectivity index (χ0n) is 14.7. The van der Waals surface area contributed by atoms with Crippen molar-refractivity contribution in [3.8, 4) is 0 Å². The summed E-state index contributed by atoms with van der Waals surface area (Å²) in [5.74, 6) is -1.13. The molecule has 0 unspecified atom stereocenters. The molecule has 1 aromatic heterocycles. The Morgan fingerprint density at radius 1 is 1.21 bits per heavy atom. The van der Waals surface area contributed by atoms with Crippen molar-refractivity contribution in [2.75, 3.05) is 10.8 Å². The van der Waals surface area contributed by atoms with E-state index >= 15 is 0 Å². The summed E-state index contributed by atoms with van der Waals surface area (Å²) in [6.07, 6.45) is 1.43. The number of carbonyl (C=O) groups excluding carboxylic acids is 1. The quantitative estimate of drug-likeness (QED) is 0.384. The molecule has 3 rings (SSSR count). The summed E-state index contributed by atoms with van der Waals surface area (Å²) in [5, 5.41) is 13.3. The van der Waals surface area contributed by atoms with Crippen LogP contribution in [0.2, 0.25) is 0 Å². The number of hydrogen-bond acceptors (Lipinski definition) is 7. The van der Waals surface area contributed by atoms with Crippen molar-refractivity contribution in [3.05, 3.63) is 69.8 Å². The van der Waals surface area contributed by atoms with Crippen LogP contribution in [0.4, 0.5) is 20.3 Å². The van der Waals surface area contributed by atoms with Crippen LogP contribution in [0.15, 0.2) is 56.7 Å². The van der Waals surface area contributed by atoms with E-state index in [1.165, 1.54) is 24.3 Å². The van der Waals surface area contributed by atoms with E-state index in [1.807, 2.05) is 0 Å². The van der Waals surface area contributed by atoms with Gasteiger partial charge in [-0.15, -0.1) is 0 Å². The van der Waals surface area contributed by atoms with E-state index < -0.39 is 11.7 Å². The highest BCUT2D eigenvalue weighted by molar-refractivity contribution is 9.10. The molecule has 0 saturated carbocycles. The molecule has 29 heavy (non-hydrogen) atoms. The van der Waals surface area contributed by atoms with Gasteiger partial charge in [-0.2, -0.15) is 5.48 Å². The topological polar surface area (TPSA) is 102 Å². The van der Waals surface area contributed by atoms with Crippen LogP contribution in [0.3, 0.4) is 0 Å². The number of carbonyl (C=O) groups is 1. The van der Waals surface area contributed by atoms with Crippen molar-refractivity contribution in [1.29, 1.82) is 0 Å². The Balaban J connectivity index is 1.50. The molecule has 0 aliphatic heterocycles. The maximum absolute atomic E-state index is 13.6. The molecule has 0 aliphatic rings. The van der Waals surface area contributed by atoms with Crippen molar-refractivity contribution in [3.63, 3.8) is 0 Å². The predicted octanol–water partition coefficient (Wildman–Crippen LogP) is 4.06. The monoisotopic (exact) mass is 465 g/mol. The Morgan fingerprint density at radius 2 is 2.03 bits per heavy atom. The van der Waals surface area contributed by atoms with Gasteiger partial charge in [0.25, 0.3) is 0 Å². The Morgan fingerprint density at radius 3 is 2.83 bits per heavy atom. The Bertz CT molecular complexity index is 1030. The second-order valence-corrected chi connectivity index (χ2v) is 6.55. The SMILES string of the molecule is O=C(CCc1ccccc1F)Nc1nonc1/C=N/ONc1ccc(F)c(Br)c1. The molecular weight excluding hydrogens is 452 g/mol. The van der Waals surface area contributed by atoms with Crippen molar-refractivity contribution in [2.24, 2.45) is 5.16 Å². The number of halogens is 3. The van der Waals surface area contributed by atoms with E-state index in [9.17, 15) is 13.6 Å². The Hall–Kier alpha value is -3.34. The van der Waals surface area contributed by atoms with Gasteiger partial charge >= 0.3 is 0 Å². The summed E-state index contributed by atoms with van der Waals surface area (Å²) >= 11 is 3.05. The van der Waals surface area contributed by atoms with Crippen LogP contribution in [-0.2, 0) is 16.2 Å². The molecule has 0 radical (unpaired) electrons. The van der Waals surface area contributed by atoms with Gasteiger partial charge in [0.2, 0.25) is 11.7 Å². The number of nitrogens with one attached hydrogen (secondary N) is 2. The highest BCUT2D eigenvalue weighted by atomic mass is 79.9. The molecule has 2 N–H and O–H groups in total. The van der Waals surface area contributed by atoms with Gasteiger partial charge in [0.1, 0.15) is 17.8 Å². The van der Waals surface area contributed by atoms with Gasteiger partial charge in [-0.1, -0.05) is 23.4 Å². The van der Waals surface area contributed by atoms with E-state index in [0.717, 1.165) is 6.21 Å². The molecule has 0 spiro atoms. The smallest absolute Gasteiger partial charge is 0.226 e. The lowest BCUT2D eigenvalue weighted by molar-refractivity contribution is -0.116. The first-order valence-electron chi connectivity index (χ1n) is 8.29. The molecule has 0 aliphatic carbocycles. The summed E-state index contributed by atoms with van der Waals surface area (Å²) in [6, 6.07) is 10.4. The van der Waals surface area contributed by atoms with Gasteiger partial charge in [0, 0.05) is 6.42 Å². The molecule has 3 aromatic rings. The molecule has 0 atom stereocenters. The van der Waals surface area contributed by atoms with E-state index in [-0.39, 0.29) is 34.6 Å². The second-order valence-electron chi connectivity index (χ2n) is 5.69. The minimum Gasteiger partial charge on any atom is -0.306 e. The minimum absolute atomic E-state index is 0.0420. The van der Waals surface area contributed by atoms with Crippen molar-refractivity contribution in [2.45, 2.75) is 12.8 Å². The minimum atomic E-state index is -0.414. The number of rotatable bonds is 8. The summed E-state index contributed by atoms with van der Waals surface area (Å²) in [7, 11) is 0. The number of anilines is 2. The average molecular weight is 466 g/mol. The van der Waals surface area contributed by atoms with Crippen LogP contribution in [0.1, 0.15) is 17.7 Å². The van der Waals surface area contributed by atoms with E-state index in [4.69, 9.17) is 4.94 Å². The summed E-state index contributed by atoms with van der Waals surface area (Å²) in [6.45, 7) is 0. The van der Waals surface area contributed by atoms with Crippen LogP contribution in [0.25, 0.3) is 0 Å². The highest BCUT2D eigenvalue weighted by Gasteiger charge is 2.13. The third-order valence-corrected chi connectivity index (χ3v) is 4.27. The van der Waals surface area contributed by atoms with Crippen molar-refractivity contribution >= 4 is 39.6 Å². The number of aryl methyl sites for hydroxylation is 1. The fraction of sp³-hybridized carbons (Fsp3) is 0.111. The first-order valence-corrected chi connectivity index (χ1v) is 9.08. The van der Waals surface area contributed by atoms with E-state index in [1.54, 1.807) is 18.2 Å². The van der Waals surface area contributed by atoms with Gasteiger partial charge in [0.15, 0.2) is 5.69 Å². The van der Waals surface area contributed by atoms with Crippen LogP contribution in [0, 0.1) is 11.6 Å².